The highest BCUT2D eigenvalue weighted by Gasteiger charge is 2.07. The van der Waals surface area contributed by atoms with Crippen molar-refractivity contribution in [2.45, 2.75) is 6.61 Å². The molecule has 0 spiro atoms. The lowest BCUT2D eigenvalue weighted by atomic mass is 10.3. The van der Waals surface area contributed by atoms with Crippen molar-refractivity contribution in [3.05, 3.63) is 42.2 Å². The minimum Gasteiger partial charge on any atom is -0.457 e. The summed E-state index contributed by atoms with van der Waals surface area (Å²) in [5.41, 5.74) is 0.636. The Morgan fingerprint density at radius 1 is 1.64 bits per heavy atom. The summed E-state index contributed by atoms with van der Waals surface area (Å²) < 4.78 is 4.78. The van der Waals surface area contributed by atoms with Crippen molar-refractivity contribution in [2.24, 2.45) is 0 Å². The van der Waals surface area contributed by atoms with Gasteiger partial charge in [0.15, 0.2) is 0 Å². The van der Waals surface area contributed by atoms with Gasteiger partial charge in [-0.25, -0.2) is 9.78 Å². The van der Waals surface area contributed by atoms with Gasteiger partial charge in [0.05, 0.1) is 12.3 Å². The summed E-state index contributed by atoms with van der Waals surface area (Å²) in [7, 11) is 0. The first-order chi connectivity index (χ1) is 6.77. The molecule has 0 aliphatic heterocycles. The van der Waals surface area contributed by atoms with Gasteiger partial charge in [0, 0.05) is 0 Å². The van der Waals surface area contributed by atoms with E-state index in [-0.39, 0.29) is 18.9 Å². The maximum absolute atomic E-state index is 11.3. The number of carbonyl (C=O) groups excluding carboxylic acids is 1. The van der Waals surface area contributed by atoms with E-state index < -0.39 is 5.97 Å². The fraction of sp³-hybridized carbons (Fsp3) is 0.200. The molecule has 1 N–H and O–H groups in total. The van der Waals surface area contributed by atoms with Crippen molar-refractivity contribution in [1.82, 2.24) is 4.98 Å². The fourth-order valence-electron chi connectivity index (χ4n) is 0.890. The third-order valence-electron chi connectivity index (χ3n) is 1.51. The second-order valence-electron chi connectivity index (χ2n) is 2.56. The highest BCUT2D eigenvalue weighted by molar-refractivity contribution is 5.87. The number of aromatic nitrogens is 1. The summed E-state index contributed by atoms with van der Waals surface area (Å²) >= 11 is 0. The Kier molecular flexibility index (Phi) is 3.82. The molecule has 74 valence electrons. The van der Waals surface area contributed by atoms with Gasteiger partial charge in [0.2, 0.25) is 0 Å². The molecule has 0 aliphatic rings. The highest BCUT2D eigenvalue weighted by atomic mass is 16.5. The molecule has 1 heterocycles. The van der Waals surface area contributed by atoms with Crippen molar-refractivity contribution in [3.63, 3.8) is 0 Å². The Morgan fingerprint density at radius 2 is 2.43 bits per heavy atom. The topological polar surface area (TPSA) is 59.4 Å². The minimum atomic E-state index is -0.514. The predicted molar refractivity (Wildman–Crippen MR) is 50.6 cm³/mol. The highest BCUT2D eigenvalue weighted by Crippen LogP contribution is 2.01. The molecule has 4 nitrogen and oxygen atoms in total. The van der Waals surface area contributed by atoms with Crippen LogP contribution in [0.2, 0.25) is 0 Å². The molecular weight excluding hydrogens is 182 g/mol. The van der Waals surface area contributed by atoms with E-state index in [0.717, 1.165) is 0 Å². The van der Waals surface area contributed by atoms with E-state index >= 15 is 0 Å². The minimum absolute atomic E-state index is 0.157. The van der Waals surface area contributed by atoms with Gasteiger partial charge in [-0.05, 0) is 12.1 Å². The molecule has 0 aliphatic carbocycles. The monoisotopic (exact) mass is 193 g/mol. The average molecular weight is 193 g/mol. The Hall–Kier alpha value is -1.68. The smallest absolute Gasteiger partial charge is 0.357 e. The fourth-order valence-corrected chi connectivity index (χ4v) is 0.890. The molecule has 0 fully saturated rings. The van der Waals surface area contributed by atoms with Crippen LogP contribution in [-0.4, -0.2) is 22.7 Å². The van der Waals surface area contributed by atoms with Crippen LogP contribution >= 0.6 is 0 Å². The molecule has 0 atom stereocenters. The number of hydrogen-bond acceptors (Lipinski definition) is 4. The van der Waals surface area contributed by atoms with E-state index in [2.05, 4.69) is 11.6 Å². The number of ether oxygens (including phenoxy) is 1. The van der Waals surface area contributed by atoms with E-state index in [1.54, 1.807) is 12.1 Å². The van der Waals surface area contributed by atoms with Crippen LogP contribution in [0.1, 0.15) is 16.2 Å². The zero-order valence-corrected chi connectivity index (χ0v) is 7.64. The number of aliphatic hydroxyl groups excluding tert-OH is 1. The van der Waals surface area contributed by atoms with Crippen LogP contribution in [-0.2, 0) is 11.3 Å². The van der Waals surface area contributed by atoms with E-state index in [9.17, 15) is 4.79 Å². The van der Waals surface area contributed by atoms with Crippen molar-refractivity contribution in [1.29, 1.82) is 0 Å². The zero-order valence-electron chi connectivity index (χ0n) is 7.64. The molecule has 1 rings (SSSR count). The maximum atomic E-state index is 11.3. The average Bonchev–Trinajstić information content (AvgIpc) is 2.26. The number of esters is 1. The molecule has 0 unspecified atom stereocenters. The van der Waals surface area contributed by atoms with E-state index in [1.165, 1.54) is 12.1 Å². The van der Waals surface area contributed by atoms with Gasteiger partial charge in [0.25, 0.3) is 0 Å². The molecule has 1 aromatic heterocycles. The van der Waals surface area contributed by atoms with Crippen LogP contribution < -0.4 is 0 Å². The second-order valence-corrected chi connectivity index (χ2v) is 2.56. The molecule has 4 heteroatoms. The molecule has 0 saturated heterocycles. The number of hydrogen-bond donors (Lipinski definition) is 1. The summed E-state index contributed by atoms with van der Waals surface area (Å²) in [6, 6.07) is 4.80. The lowest BCUT2D eigenvalue weighted by Crippen LogP contribution is -2.08. The number of nitrogens with zero attached hydrogens (tertiary/aromatic N) is 1. The van der Waals surface area contributed by atoms with E-state index in [4.69, 9.17) is 9.84 Å². The molecule has 0 bridgehead atoms. The summed E-state index contributed by atoms with van der Waals surface area (Å²) in [5.74, 6) is -0.514. The van der Waals surface area contributed by atoms with Crippen LogP contribution in [0.15, 0.2) is 30.9 Å². The molecule has 0 amide bonds. The van der Waals surface area contributed by atoms with Crippen molar-refractivity contribution >= 4 is 5.97 Å². The van der Waals surface area contributed by atoms with Crippen LogP contribution in [0.5, 0.6) is 0 Å². The Morgan fingerprint density at radius 3 is 3.07 bits per heavy atom. The summed E-state index contributed by atoms with van der Waals surface area (Å²) in [6.07, 6.45) is 1.48. The third-order valence-corrected chi connectivity index (χ3v) is 1.51. The predicted octanol–water partition coefficient (Wildman–Crippen LogP) is 0.917. The molecule has 0 radical (unpaired) electrons. The van der Waals surface area contributed by atoms with E-state index in [0.29, 0.717) is 5.69 Å². The number of carbonyl (C=O) groups is 1. The van der Waals surface area contributed by atoms with Gasteiger partial charge in [0.1, 0.15) is 12.3 Å². The number of aliphatic hydroxyl groups is 1. The van der Waals surface area contributed by atoms with Crippen molar-refractivity contribution in [3.8, 4) is 0 Å². The zero-order chi connectivity index (χ0) is 10.4. The van der Waals surface area contributed by atoms with Gasteiger partial charge in [-0.2, -0.15) is 0 Å². The normalized spacial score (nSPS) is 9.50. The molecule has 1 aromatic rings. The first-order valence-corrected chi connectivity index (χ1v) is 4.12. The van der Waals surface area contributed by atoms with E-state index in [1.807, 2.05) is 0 Å². The van der Waals surface area contributed by atoms with Crippen LogP contribution in [0, 0.1) is 0 Å². The van der Waals surface area contributed by atoms with Gasteiger partial charge < -0.3 is 9.84 Å². The van der Waals surface area contributed by atoms with Crippen LogP contribution in [0.4, 0.5) is 0 Å². The lowest BCUT2D eigenvalue weighted by Gasteiger charge is -2.01. The third kappa shape index (κ3) is 2.67. The Balaban J connectivity index is 2.73. The first-order valence-electron chi connectivity index (χ1n) is 4.12. The molecule has 0 saturated carbocycles. The molecule has 14 heavy (non-hydrogen) atoms. The van der Waals surface area contributed by atoms with Gasteiger partial charge >= 0.3 is 5.97 Å². The van der Waals surface area contributed by atoms with Crippen molar-refractivity contribution < 1.29 is 14.6 Å². The van der Waals surface area contributed by atoms with Crippen LogP contribution in [0.3, 0.4) is 0 Å². The lowest BCUT2D eigenvalue weighted by molar-refractivity contribution is 0.0542. The Labute approximate surface area is 81.9 Å². The van der Waals surface area contributed by atoms with Gasteiger partial charge in [-0.1, -0.05) is 18.7 Å². The van der Waals surface area contributed by atoms with Gasteiger partial charge in [-0.3, -0.25) is 0 Å². The SMILES string of the molecule is C=CCOC(=O)c1cccc(CO)n1. The second kappa shape index (κ2) is 5.14. The van der Waals surface area contributed by atoms with Crippen molar-refractivity contribution in [2.75, 3.05) is 6.61 Å². The molecular formula is C10H11NO3. The number of rotatable bonds is 4. The number of pyridine rings is 1. The standard InChI is InChI=1S/C10H11NO3/c1-2-6-14-10(13)9-5-3-4-8(7-12)11-9/h2-5,12H,1,6-7H2. The quantitative estimate of drug-likeness (QED) is 0.570. The maximum Gasteiger partial charge on any atom is 0.357 e. The Bertz CT molecular complexity index is 336. The van der Waals surface area contributed by atoms with Gasteiger partial charge in [-0.15, -0.1) is 0 Å². The molecule has 0 aromatic carbocycles. The summed E-state index contributed by atoms with van der Waals surface area (Å²) in [6.45, 7) is 3.39. The first kappa shape index (κ1) is 10.4. The largest absolute Gasteiger partial charge is 0.457 e. The summed E-state index contributed by atoms with van der Waals surface area (Å²) in [5, 5.41) is 8.79. The van der Waals surface area contributed by atoms with Crippen LogP contribution in [0.25, 0.3) is 0 Å². The summed E-state index contributed by atoms with van der Waals surface area (Å²) in [4.78, 5) is 15.1.